The molecule has 0 bridgehead atoms. The number of benzene rings is 3. The lowest BCUT2D eigenvalue weighted by Crippen LogP contribution is -2.27. The highest BCUT2D eigenvalue weighted by Crippen LogP contribution is 2.40. The van der Waals surface area contributed by atoms with E-state index in [1.807, 2.05) is 0 Å². The zero-order valence-electron chi connectivity index (χ0n) is 17.9. The summed E-state index contributed by atoms with van der Waals surface area (Å²) in [4.78, 5) is 26.7. The molecule has 0 N–H and O–H groups in total. The van der Waals surface area contributed by atoms with E-state index in [4.69, 9.17) is 32.7 Å². The maximum Gasteiger partial charge on any atom is 0.298 e. The first-order valence-electron chi connectivity index (χ1n) is 10.2. The largest absolute Gasteiger partial charge is 0.490 e. The first-order valence-corrected chi connectivity index (χ1v) is 11.8. The van der Waals surface area contributed by atoms with Gasteiger partial charge in [0, 0.05) is 10.6 Å². The third kappa shape index (κ3) is 5.22. The maximum absolute atomic E-state index is 14.0. The van der Waals surface area contributed by atoms with Crippen molar-refractivity contribution < 1.29 is 23.5 Å². The number of rotatable bonds is 7. The molecule has 9 heteroatoms. The molecule has 1 fully saturated rings. The van der Waals surface area contributed by atoms with Gasteiger partial charge in [-0.1, -0.05) is 41.4 Å². The average Bonchev–Trinajstić information content (AvgIpc) is 3.08. The Hall–Kier alpha value is -3.00. The van der Waals surface area contributed by atoms with Gasteiger partial charge in [0.05, 0.1) is 22.2 Å². The summed E-state index contributed by atoms with van der Waals surface area (Å²) >= 11 is 13.2. The van der Waals surface area contributed by atoms with Crippen molar-refractivity contribution in [1.82, 2.24) is 0 Å². The summed E-state index contributed by atoms with van der Waals surface area (Å²) in [7, 11) is 0. The van der Waals surface area contributed by atoms with E-state index < -0.39 is 11.1 Å². The molecule has 1 aliphatic heterocycles. The number of imide groups is 1. The quantitative estimate of drug-likeness (QED) is 0.306. The van der Waals surface area contributed by atoms with Gasteiger partial charge in [-0.05, 0) is 72.8 Å². The molecule has 0 spiro atoms. The fourth-order valence-corrected chi connectivity index (χ4v) is 4.51. The summed E-state index contributed by atoms with van der Waals surface area (Å²) in [5.41, 5.74) is 1.36. The van der Waals surface area contributed by atoms with Gasteiger partial charge in [0.15, 0.2) is 11.5 Å². The highest BCUT2D eigenvalue weighted by Gasteiger charge is 2.36. The van der Waals surface area contributed by atoms with Gasteiger partial charge in [0.2, 0.25) is 0 Å². The molecule has 2 amide bonds. The van der Waals surface area contributed by atoms with Crippen LogP contribution in [0.1, 0.15) is 18.1 Å². The van der Waals surface area contributed by atoms with Crippen molar-refractivity contribution in [1.29, 1.82) is 0 Å². The Balaban J connectivity index is 1.60. The van der Waals surface area contributed by atoms with Crippen LogP contribution >= 0.6 is 35.0 Å². The molecular weight excluding hydrogens is 500 g/mol. The minimum Gasteiger partial charge on any atom is -0.490 e. The van der Waals surface area contributed by atoms with Crippen LogP contribution < -0.4 is 14.4 Å². The summed E-state index contributed by atoms with van der Waals surface area (Å²) in [5, 5.41) is 0.312. The van der Waals surface area contributed by atoms with Crippen LogP contribution in [0.5, 0.6) is 11.5 Å². The third-order valence-electron chi connectivity index (χ3n) is 4.84. The molecule has 34 heavy (non-hydrogen) atoms. The molecule has 1 aliphatic rings. The molecule has 1 saturated heterocycles. The van der Waals surface area contributed by atoms with Crippen molar-refractivity contribution >= 4 is 57.9 Å². The minimum absolute atomic E-state index is 0.0359. The van der Waals surface area contributed by atoms with Crippen molar-refractivity contribution in [2.75, 3.05) is 11.5 Å². The van der Waals surface area contributed by atoms with E-state index in [0.717, 1.165) is 16.7 Å². The van der Waals surface area contributed by atoms with Crippen LogP contribution in [0.3, 0.4) is 0 Å². The summed E-state index contributed by atoms with van der Waals surface area (Å²) in [6, 6.07) is 16.0. The number of hydrogen-bond acceptors (Lipinski definition) is 5. The van der Waals surface area contributed by atoms with E-state index in [-0.39, 0.29) is 28.1 Å². The van der Waals surface area contributed by atoms with Crippen LogP contribution in [0.2, 0.25) is 10.0 Å². The van der Waals surface area contributed by atoms with Gasteiger partial charge in [0.1, 0.15) is 12.4 Å². The summed E-state index contributed by atoms with van der Waals surface area (Å²) < 4.78 is 25.4. The second kappa shape index (κ2) is 10.5. The van der Waals surface area contributed by atoms with Gasteiger partial charge in [-0.2, -0.15) is 0 Å². The number of carbonyl (C=O) groups excluding carboxylic acids is 2. The van der Waals surface area contributed by atoms with Crippen molar-refractivity contribution in [3.8, 4) is 11.5 Å². The van der Waals surface area contributed by atoms with Gasteiger partial charge in [-0.3, -0.25) is 9.59 Å². The fourth-order valence-electron chi connectivity index (χ4n) is 3.27. The molecule has 3 aromatic rings. The summed E-state index contributed by atoms with van der Waals surface area (Å²) in [6.07, 6.45) is 1.57. The summed E-state index contributed by atoms with van der Waals surface area (Å²) in [6.45, 7) is 2.10. The van der Waals surface area contributed by atoms with Crippen molar-refractivity contribution in [2.24, 2.45) is 0 Å². The highest BCUT2D eigenvalue weighted by molar-refractivity contribution is 8.19. The molecule has 0 saturated carbocycles. The predicted octanol–water partition coefficient (Wildman–Crippen LogP) is 7.35. The molecule has 4 rings (SSSR count). The molecule has 174 valence electrons. The Morgan fingerprint density at radius 2 is 1.76 bits per heavy atom. The smallest absolute Gasteiger partial charge is 0.298 e. The molecule has 0 unspecified atom stereocenters. The van der Waals surface area contributed by atoms with Gasteiger partial charge in [-0.15, -0.1) is 0 Å². The predicted molar refractivity (Wildman–Crippen MR) is 133 cm³/mol. The Kier molecular flexibility index (Phi) is 7.46. The number of thioether (sulfide) groups is 1. The van der Waals surface area contributed by atoms with Crippen LogP contribution in [0.4, 0.5) is 14.9 Å². The monoisotopic (exact) mass is 517 g/mol. The van der Waals surface area contributed by atoms with E-state index in [0.29, 0.717) is 34.2 Å². The normalized spacial score (nSPS) is 14.7. The van der Waals surface area contributed by atoms with Crippen molar-refractivity contribution in [3.63, 3.8) is 0 Å². The average molecular weight is 518 g/mol. The topological polar surface area (TPSA) is 55.8 Å². The Morgan fingerprint density at radius 3 is 2.47 bits per heavy atom. The second-order valence-electron chi connectivity index (χ2n) is 7.14. The van der Waals surface area contributed by atoms with Gasteiger partial charge >= 0.3 is 0 Å². The van der Waals surface area contributed by atoms with Crippen LogP contribution in [0.15, 0.2) is 65.6 Å². The van der Waals surface area contributed by atoms with Crippen molar-refractivity contribution in [3.05, 3.63) is 92.6 Å². The zero-order chi connectivity index (χ0) is 24.2. The number of hydrogen-bond donors (Lipinski definition) is 0. The van der Waals surface area contributed by atoms with Crippen LogP contribution in [0.25, 0.3) is 6.08 Å². The number of anilines is 1. The minimum atomic E-state index is -0.453. The third-order valence-corrected chi connectivity index (χ3v) is 6.24. The fraction of sp³-hybridized carbons (Fsp3) is 0.120. The molecule has 3 aromatic carbocycles. The lowest BCUT2D eigenvalue weighted by Gasteiger charge is -2.15. The number of amides is 2. The standard InChI is InChI=1S/C25H18Cl2FNO4S/c1-2-32-21-12-15(11-19(27)23(21)33-14-16-5-3-4-6-20(16)28)13-22-24(30)29(25(31)34-22)18-9-7-17(26)8-10-18/h3-13H,2,14H2,1H3/b22-13+. The second-order valence-corrected chi connectivity index (χ2v) is 8.97. The van der Waals surface area contributed by atoms with Crippen LogP contribution in [-0.4, -0.2) is 17.8 Å². The van der Waals surface area contributed by atoms with Crippen molar-refractivity contribution in [2.45, 2.75) is 13.5 Å². The number of halogens is 3. The molecule has 0 aliphatic carbocycles. The Labute approximate surface area is 210 Å². The van der Waals surface area contributed by atoms with E-state index in [9.17, 15) is 14.0 Å². The molecule has 0 radical (unpaired) electrons. The highest BCUT2D eigenvalue weighted by atomic mass is 35.5. The number of carbonyl (C=O) groups is 2. The molecule has 0 aromatic heterocycles. The van der Waals surface area contributed by atoms with Crippen LogP contribution in [-0.2, 0) is 11.4 Å². The zero-order valence-corrected chi connectivity index (χ0v) is 20.2. The van der Waals surface area contributed by atoms with Gasteiger partial charge in [-0.25, -0.2) is 9.29 Å². The first-order chi connectivity index (χ1) is 16.4. The SMILES string of the molecule is CCOc1cc(/C=C2/SC(=O)N(c3ccc(Cl)cc3)C2=O)cc(Cl)c1OCc1ccccc1F. The molecular formula is C25H18Cl2FNO4S. The summed E-state index contributed by atoms with van der Waals surface area (Å²) in [5.74, 6) is -0.233. The Bertz CT molecular complexity index is 1280. The lowest BCUT2D eigenvalue weighted by atomic mass is 10.1. The maximum atomic E-state index is 14.0. The van der Waals surface area contributed by atoms with E-state index in [1.165, 1.54) is 6.07 Å². The number of nitrogens with zero attached hydrogens (tertiary/aromatic N) is 1. The molecule has 1 heterocycles. The van der Waals surface area contributed by atoms with E-state index in [1.54, 1.807) is 67.6 Å². The molecule has 5 nitrogen and oxygen atoms in total. The van der Waals surface area contributed by atoms with E-state index >= 15 is 0 Å². The van der Waals surface area contributed by atoms with E-state index in [2.05, 4.69) is 0 Å². The number of ether oxygens (including phenoxy) is 2. The van der Waals surface area contributed by atoms with Gasteiger partial charge in [0.25, 0.3) is 11.1 Å². The lowest BCUT2D eigenvalue weighted by molar-refractivity contribution is -0.113. The first kappa shape index (κ1) is 24.1. The molecule has 0 atom stereocenters. The Morgan fingerprint density at radius 1 is 1.03 bits per heavy atom. The van der Waals surface area contributed by atoms with Gasteiger partial charge < -0.3 is 9.47 Å². The van der Waals surface area contributed by atoms with Crippen LogP contribution in [0, 0.1) is 5.82 Å².